The second kappa shape index (κ2) is 7.37. The molecule has 1 unspecified atom stereocenters. The number of nitrogens with one attached hydrogen (secondary N) is 2. The van der Waals surface area contributed by atoms with E-state index in [4.69, 9.17) is 0 Å². The second-order valence-electron chi connectivity index (χ2n) is 4.27. The van der Waals surface area contributed by atoms with E-state index in [0.717, 1.165) is 0 Å². The Morgan fingerprint density at radius 2 is 2.05 bits per heavy atom. The number of amides is 1. The van der Waals surface area contributed by atoms with Crippen LogP contribution in [0.15, 0.2) is 29.2 Å². The first kappa shape index (κ1) is 16.6. The highest BCUT2D eigenvalue weighted by atomic mass is 32.2. The van der Waals surface area contributed by atoms with Crippen molar-refractivity contribution in [1.82, 2.24) is 10.0 Å². The largest absolute Gasteiger partial charge is 0.388 e. The molecule has 1 aromatic carbocycles. The van der Waals surface area contributed by atoms with E-state index in [9.17, 15) is 18.3 Å². The Hall–Kier alpha value is -1.44. The third kappa shape index (κ3) is 4.59. The van der Waals surface area contributed by atoms with Crippen LogP contribution in [0.3, 0.4) is 0 Å². The SMILES string of the molecule is CCNC(=O)CNS(=O)(=O)c1cccc(C(O)CC)c1. The molecule has 3 N–H and O–H groups in total. The molecule has 0 radical (unpaired) electrons. The van der Waals surface area contributed by atoms with Crippen molar-refractivity contribution in [3.63, 3.8) is 0 Å². The summed E-state index contributed by atoms with van der Waals surface area (Å²) in [7, 11) is -3.76. The normalized spacial score (nSPS) is 12.9. The van der Waals surface area contributed by atoms with Crippen LogP contribution in [0, 0.1) is 0 Å². The van der Waals surface area contributed by atoms with Crippen LogP contribution in [-0.4, -0.2) is 32.5 Å². The fraction of sp³-hybridized carbons (Fsp3) is 0.462. The molecule has 0 spiro atoms. The Kier molecular flexibility index (Phi) is 6.12. The van der Waals surface area contributed by atoms with Gasteiger partial charge in [-0.2, -0.15) is 0 Å². The quantitative estimate of drug-likeness (QED) is 0.685. The van der Waals surface area contributed by atoms with Gasteiger partial charge in [-0.25, -0.2) is 13.1 Å². The summed E-state index contributed by atoms with van der Waals surface area (Å²) in [5, 5.41) is 12.2. The van der Waals surface area contributed by atoms with Crippen molar-refractivity contribution in [2.24, 2.45) is 0 Å². The van der Waals surface area contributed by atoms with E-state index in [-0.39, 0.29) is 17.3 Å². The van der Waals surface area contributed by atoms with Crippen molar-refractivity contribution in [3.8, 4) is 0 Å². The zero-order valence-corrected chi connectivity index (χ0v) is 12.4. The van der Waals surface area contributed by atoms with Gasteiger partial charge in [0.2, 0.25) is 15.9 Å². The van der Waals surface area contributed by atoms with Gasteiger partial charge in [-0.3, -0.25) is 4.79 Å². The smallest absolute Gasteiger partial charge is 0.241 e. The Labute approximate surface area is 119 Å². The third-order valence-electron chi connectivity index (χ3n) is 2.74. The van der Waals surface area contributed by atoms with Crippen LogP contribution in [0.1, 0.15) is 31.9 Å². The van der Waals surface area contributed by atoms with Crippen LogP contribution in [0.25, 0.3) is 0 Å². The second-order valence-corrected chi connectivity index (χ2v) is 6.04. The molecule has 0 saturated heterocycles. The minimum atomic E-state index is -3.76. The minimum absolute atomic E-state index is 0.0341. The fourth-order valence-corrected chi connectivity index (χ4v) is 2.66. The lowest BCUT2D eigenvalue weighted by Gasteiger charge is -2.11. The Morgan fingerprint density at radius 3 is 2.65 bits per heavy atom. The van der Waals surface area contributed by atoms with Gasteiger partial charge in [0.15, 0.2) is 0 Å². The van der Waals surface area contributed by atoms with Gasteiger partial charge < -0.3 is 10.4 Å². The first-order valence-electron chi connectivity index (χ1n) is 6.45. The molecular weight excluding hydrogens is 280 g/mol. The average molecular weight is 300 g/mol. The molecule has 0 aromatic heterocycles. The summed E-state index contributed by atoms with van der Waals surface area (Å²) in [5.41, 5.74) is 0.536. The van der Waals surface area contributed by atoms with E-state index >= 15 is 0 Å². The molecule has 1 aromatic rings. The van der Waals surface area contributed by atoms with Crippen LogP contribution in [0.2, 0.25) is 0 Å². The maximum atomic E-state index is 12.0. The lowest BCUT2D eigenvalue weighted by molar-refractivity contribution is -0.119. The average Bonchev–Trinajstić information content (AvgIpc) is 2.45. The van der Waals surface area contributed by atoms with Gasteiger partial charge in [-0.05, 0) is 31.0 Å². The minimum Gasteiger partial charge on any atom is -0.388 e. The van der Waals surface area contributed by atoms with Crippen LogP contribution in [0.5, 0.6) is 0 Å². The Balaban J connectivity index is 2.84. The molecule has 0 saturated carbocycles. The molecule has 0 heterocycles. The lowest BCUT2D eigenvalue weighted by Crippen LogP contribution is -2.36. The number of benzene rings is 1. The summed E-state index contributed by atoms with van der Waals surface area (Å²) in [4.78, 5) is 11.3. The molecule has 0 aliphatic rings. The van der Waals surface area contributed by atoms with E-state index in [0.29, 0.717) is 18.5 Å². The molecule has 0 fully saturated rings. The number of aliphatic hydroxyl groups is 1. The Bertz CT molecular complexity index is 557. The first-order valence-corrected chi connectivity index (χ1v) is 7.93. The maximum absolute atomic E-state index is 12.0. The number of hydrogen-bond donors (Lipinski definition) is 3. The first-order chi connectivity index (χ1) is 9.40. The molecule has 6 nitrogen and oxygen atoms in total. The third-order valence-corrected chi connectivity index (χ3v) is 4.14. The number of rotatable bonds is 7. The summed E-state index contributed by atoms with van der Waals surface area (Å²) in [6.45, 7) is 3.69. The van der Waals surface area contributed by atoms with Crippen molar-refractivity contribution >= 4 is 15.9 Å². The highest BCUT2D eigenvalue weighted by Gasteiger charge is 2.17. The van der Waals surface area contributed by atoms with E-state index in [1.807, 2.05) is 0 Å². The summed E-state index contributed by atoms with van der Waals surface area (Å²) < 4.78 is 26.3. The molecule has 7 heteroatoms. The van der Waals surface area contributed by atoms with Crippen LogP contribution in [0.4, 0.5) is 0 Å². The predicted octanol–water partition coefficient (Wildman–Crippen LogP) is 0.544. The van der Waals surface area contributed by atoms with E-state index in [1.165, 1.54) is 12.1 Å². The summed E-state index contributed by atoms with van der Waals surface area (Å²) in [6, 6.07) is 6.06. The number of hydrogen-bond acceptors (Lipinski definition) is 4. The summed E-state index contributed by atoms with van der Waals surface area (Å²) in [6.07, 6.45) is -0.205. The molecule has 0 aliphatic carbocycles. The maximum Gasteiger partial charge on any atom is 0.241 e. The number of carbonyl (C=O) groups is 1. The highest BCUT2D eigenvalue weighted by molar-refractivity contribution is 7.89. The molecule has 0 bridgehead atoms. The lowest BCUT2D eigenvalue weighted by atomic mass is 10.1. The fourth-order valence-electron chi connectivity index (χ4n) is 1.63. The van der Waals surface area contributed by atoms with Crippen LogP contribution in [-0.2, 0) is 14.8 Å². The zero-order valence-electron chi connectivity index (χ0n) is 11.6. The molecule has 0 aliphatic heterocycles. The summed E-state index contributed by atoms with van der Waals surface area (Å²) >= 11 is 0. The number of likely N-dealkylation sites (N-methyl/N-ethyl adjacent to an activating group) is 1. The molecule has 1 rings (SSSR count). The van der Waals surface area contributed by atoms with Gasteiger partial charge in [0, 0.05) is 6.54 Å². The Morgan fingerprint density at radius 1 is 1.35 bits per heavy atom. The molecular formula is C13H20N2O4S. The highest BCUT2D eigenvalue weighted by Crippen LogP contribution is 2.19. The van der Waals surface area contributed by atoms with Gasteiger partial charge in [0.25, 0.3) is 0 Å². The number of aliphatic hydroxyl groups excluding tert-OH is 1. The van der Waals surface area contributed by atoms with Gasteiger partial charge in [0.1, 0.15) is 0 Å². The van der Waals surface area contributed by atoms with E-state index < -0.39 is 16.1 Å². The molecule has 1 amide bonds. The molecule has 1 atom stereocenters. The monoisotopic (exact) mass is 300 g/mol. The zero-order chi connectivity index (χ0) is 15.2. The predicted molar refractivity (Wildman–Crippen MR) is 75.6 cm³/mol. The van der Waals surface area contributed by atoms with Crippen molar-refractivity contribution in [3.05, 3.63) is 29.8 Å². The van der Waals surface area contributed by atoms with Gasteiger partial charge in [0.05, 0.1) is 17.5 Å². The topological polar surface area (TPSA) is 95.5 Å². The van der Waals surface area contributed by atoms with Crippen LogP contribution >= 0.6 is 0 Å². The molecule has 112 valence electrons. The summed E-state index contributed by atoms with van der Waals surface area (Å²) in [5.74, 6) is -0.388. The van der Waals surface area contributed by atoms with Gasteiger partial charge >= 0.3 is 0 Å². The van der Waals surface area contributed by atoms with E-state index in [2.05, 4.69) is 10.0 Å². The van der Waals surface area contributed by atoms with Crippen LogP contribution < -0.4 is 10.0 Å². The van der Waals surface area contributed by atoms with Crippen molar-refractivity contribution in [2.45, 2.75) is 31.3 Å². The standard InChI is InChI=1S/C13H20N2O4S/c1-3-12(16)10-6-5-7-11(8-10)20(18,19)15-9-13(17)14-4-2/h5-8,12,15-16H,3-4,9H2,1-2H3,(H,14,17). The van der Waals surface area contributed by atoms with Gasteiger partial charge in [-0.1, -0.05) is 19.1 Å². The molecule has 20 heavy (non-hydrogen) atoms. The van der Waals surface area contributed by atoms with Gasteiger partial charge in [-0.15, -0.1) is 0 Å². The van der Waals surface area contributed by atoms with E-state index in [1.54, 1.807) is 26.0 Å². The number of sulfonamides is 1. The van der Waals surface area contributed by atoms with Crippen molar-refractivity contribution in [2.75, 3.05) is 13.1 Å². The van der Waals surface area contributed by atoms with Crippen molar-refractivity contribution in [1.29, 1.82) is 0 Å². The van der Waals surface area contributed by atoms with Crippen molar-refractivity contribution < 1.29 is 18.3 Å². The number of carbonyl (C=O) groups excluding carboxylic acids is 1.